The van der Waals surface area contributed by atoms with Gasteiger partial charge in [0.2, 0.25) is 5.91 Å². The van der Waals surface area contributed by atoms with E-state index in [-0.39, 0.29) is 28.6 Å². The van der Waals surface area contributed by atoms with Crippen LogP contribution in [-0.4, -0.2) is 25.4 Å². The van der Waals surface area contributed by atoms with Crippen molar-refractivity contribution in [1.82, 2.24) is 10.6 Å². The highest BCUT2D eigenvalue weighted by molar-refractivity contribution is 5.94. The van der Waals surface area contributed by atoms with E-state index >= 15 is 0 Å². The fraction of sp³-hybridized carbons (Fsp3) is 0.440. The summed E-state index contributed by atoms with van der Waals surface area (Å²) in [6, 6.07) is 16.8. The predicted octanol–water partition coefficient (Wildman–Crippen LogP) is 4.54. The molecule has 0 aromatic heterocycles. The first-order chi connectivity index (χ1) is 14.4. The molecule has 2 fully saturated rings. The highest BCUT2D eigenvalue weighted by Crippen LogP contribution is 2.63. The van der Waals surface area contributed by atoms with Crippen LogP contribution in [0.1, 0.15) is 49.4 Å². The fourth-order valence-corrected chi connectivity index (χ4v) is 4.69. The molecule has 0 radical (unpaired) electrons. The van der Waals surface area contributed by atoms with Crippen LogP contribution in [0.5, 0.6) is 11.5 Å². The third kappa shape index (κ3) is 4.35. The number of para-hydroxylation sites is 1. The number of rotatable bonds is 6. The summed E-state index contributed by atoms with van der Waals surface area (Å²) in [7, 11) is 1.72. The van der Waals surface area contributed by atoms with Crippen LogP contribution in [0.3, 0.4) is 0 Å². The standard InChI is InChI=1S/C25H30N2O3/c1-24(11-13-25(14-12-24)16-21(25)23(29)26-2)17-27-22(28)18-7-6-10-20(15-18)30-19-8-4-3-5-9-19/h3-10,15,21H,11-14,16-17H2,1-2H3,(H,26,29)(H,27,28)/t21-,24?,25?/m0/s1. The van der Waals surface area contributed by atoms with Gasteiger partial charge in [-0.05, 0) is 73.3 Å². The maximum absolute atomic E-state index is 12.7. The van der Waals surface area contributed by atoms with Gasteiger partial charge in [-0.15, -0.1) is 0 Å². The molecular formula is C25H30N2O3. The van der Waals surface area contributed by atoms with Crippen LogP contribution in [0.2, 0.25) is 0 Å². The second-order valence-electron chi connectivity index (χ2n) is 9.17. The minimum Gasteiger partial charge on any atom is -0.457 e. The first kappa shape index (κ1) is 20.5. The molecule has 4 rings (SSSR count). The number of hydrogen-bond acceptors (Lipinski definition) is 3. The topological polar surface area (TPSA) is 67.4 Å². The Hall–Kier alpha value is -2.82. The van der Waals surface area contributed by atoms with Gasteiger partial charge in [-0.25, -0.2) is 0 Å². The van der Waals surface area contributed by atoms with Crippen molar-refractivity contribution in [3.8, 4) is 11.5 Å². The lowest BCUT2D eigenvalue weighted by molar-refractivity contribution is -0.123. The van der Waals surface area contributed by atoms with Crippen LogP contribution < -0.4 is 15.4 Å². The van der Waals surface area contributed by atoms with Gasteiger partial charge in [-0.3, -0.25) is 9.59 Å². The van der Waals surface area contributed by atoms with Gasteiger partial charge >= 0.3 is 0 Å². The summed E-state index contributed by atoms with van der Waals surface area (Å²) in [6.45, 7) is 2.89. The second kappa shape index (κ2) is 8.13. The van der Waals surface area contributed by atoms with E-state index in [1.54, 1.807) is 13.1 Å². The van der Waals surface area contributed by atoms with Gasteiger partial charge in [0.15, 0.2) is 0 Å². The lowest BCUT2D eigenvalue weighted by Gasteiger charge is -2.38. The lowest BCUT2D eigenvalue weighted by Crippen LogP contribution is -2.39. The number of amides is 2. The van der Waals surface area contributed by atoms with E-state index in [4.69, 9.17) is 4.74 Å². The molecule has 2 N–H and O–H groups in total. The summed E-state index contributed by atoms with van der Waals surface area (Å²) in [5, 5.41) is 5.91. The average Bonchev–Trinajstić information content (AvgIpc) is 3.49. The summed E-state index contributed by atoms with van der Waals surface area (Å²) in [4.78, 5) is 24.7. The van der Waals surface area contributed by atoms with Gasteiger partial charge in [0.05, 0.1) is 0 Å². The number of carbonyl (C=O) groups is 2. The highest BCUT2D eigenvalue weighted by atomic mass is 16.5. The Kier molecular flexibility index (Phi) is 5.54. The molecule has 2 aromatic rings. The summed E-state index contributed by atoms with van der Waals surface area (Å²) >= 11 is 0. The molecular weight excluding hydrogens is 376 g/mol. The smallest absolute Gasteiger partial charge is 0.251 e. The van der Waals surface area contributed by atoms with Crippen molar-refractivity contribution in [2.24, 2.45) is 16.7 Å². The normalized spacial score (nSPS) is 27.3. The van der Waals surface area contributed by atoms with Crippen molar-refractivity contribution >= 4 is 11.8 Å². The van der Waals surface area contributed by atoms with Gasteiger partial charge in [-0.1, -0.05) is 31.2 Å². The minimum atomic E-state index is -0.0790. The van der Waals surface area contributed by atoms with Gasteiger partial charge in [0.1, 0.15) is 11.5 Å². The quantitative estimate of drug-likeness (QED) is 0.740. The molecule has 0 heterocycles. The second-order valence-corrected chi connectivity index (χ2v) is 9.17. The zero-order valence-electron chi connectivity index (χ0n) is 17.7. The van der Waals surface area contributed by atoms with Gasteiger partial charge in [-0.2, -0.15) is 0 Å². The molecule has 0 bridgehead atoms. The predicted molar refractivity (Wildman–Crippen MR) is 116 cm³/mol. The van der Waals surface area contributed by atoms with Crippen molar-refractivity contribution in [2.45, 2.75) is 39.0 Å². The van der Waals surface area contributed by atoms with E-state index in [0.29, 0.717) is 17.9 Å². The molecule has 1 spiro atoms. The zero-order chi connectivity index (χ0) is 21.2. The third-order valence-electron chi connectivity index (χ3n) is 6.96. The van der Waals surface area contributed by atoms with Crippen LogP contribution in [0, 0.1) is 16.7 Å². The Morgan fingerprint density at radius 2 is 1.70 bits per heavy atom. The van der Waals surface area contributed by atoms with Crippen molar-refractivity contribution in [2.75, 3.05) is 13.6 Å². The Labute approximate surface area is 178 Å². The van der Waals surface area contributed by atoms with Gasteiger partial charge < -0.3 is 15.4 Å². The maximum atomic E-state index is 12.7. The Morgan fingerprint density at radius 3 is 2.40 bits per heavy atom. The van der Waals surface area contributed by atoms with Crippen molar-refractivity contribution in [3.63, 3.8) is 0 Å². The Bertz CT molecular complexity index is 917. The molecule has 0 aliphatic heterocycles. The molecule has 1 atom stereocenters. The van der Waals surface area contributed by atoms with E-state index in [1.165, 1.54) is 0 Å². The molecule has 2 amide bonds. The third-order valence-corrected chi connectivity index (χ3v) is 6.96. The molecule has 0 unspecified atom stereocenters. The Morgan fingerprint density at radius 1 is 1.00 bits per heavy atom. The van der Waals surface area contributed by atoms with Crippen LogP contribution >= 0.6 is 0 Å². The average molecular weight is 407 g/mol. The van der Waals surface area contributed by atoms with Crippen molar-refractivity contribution in [3.05, 3.63) is 60.2 Å². The molecule has 30 heavy (non-hydrogen) atoms. The minimum absolute atomic E-state index is 0.0783. The summed E-state index contributed by atoms with van der Waals surface area (Å²) < 4.78 is 5.84. The maximum Gasteiger partial charge on any atom is 0.251 e. The molecule has 5 heteroatoms. The fourth-order valence-electron chi connectivity index (χ4n) is 4.69. The van der Waals surface area contributed by atoms with Gasteiger partial charge in [0, 0.05) is 25.1 Å². The summed E-state index contributed by atoms with van der Waals surface area (Å²) in [5.74, 6) is 1.69. The number of nitrogens with one attached hydrogen (secondary N) is 2. The number of hydrogen-bond donors (Lipinski definition) is 2. The number of ether oxygens (including phenoxy) is 1. The molecule has 158 valence electrons. The van der Waals surface area contributed by atoms with Crippen LogP contribution in [0.4, 0.5) is 0 Å². The van der Waals surface area contributed by atoms with E-state index < -0.39 is 0 Å². The highest BCUT2D eigenvalue weighted by Gasteiger charge is 2.59. The van der Waals surface area contributed by atoms with Crippen LogP contribution in [-0.2, 0) is 4.79 Å². The molecule has 2 aliphatic rings. The van der Waals surface area contributed by atoms with E-state index in [1.807, 2.05) is 48.5 Å². The number of carbonyl (C=O) groups excluding carboxylic acids is 2. The molecule has 2 aliphatic carbocycles. The van der Waals surface area contributed by atoms with Crippen molar-refractivity contribution in [1.29, 1.82) is 0 Å². The SMILES string of the molecule is CNC(=O)[C@@H]1CC12CCC(C)(CNC(=O)c1cccc(Oc3ccccc3)c1)CC2. The number of benzene rings is 2. The molecule has 0 saturated heterocycles. The van der Waals surface area contributed by atoms with Crippen molar-refractivity contribution < 1.29 is 14.3 Å². The molecule has 5 nitrogen and oxygen atoms in total. The summed E-state index contributed by atoms with van der Waals surface area (Å²) in [5.41, 5.74) is 0.892. The zero-order valence-corrected chi connectivity index (χ0v) is 17.7. The molecule has 2 aromatic carbocycles. The summed E-state index contributed by atoms with van der Waals surface area (Å²) in [6.07, 6.45) is 5.23. The largest absolute Gasteiger partial charge is 0.457 e. The van der Waals surface area contributed by atoms with E-state index in [0.717, 1.165) is 37.9 Å². The van der Waals surface area contributed by atoms with E-state index in [9.17, 15) is 9.59 Å². The van der Waals surface area contributed by atoms with Gasteiger partial charge in [0.25, 0.3) is 5.91 Å². The lowest BCUT2D eigenvalue weighted by atomic mass is 9.69. The Balaban J connectivity index is 1.31. The van der Waals surface area contributed by atoms with Crippen LogP contribution in [0.15, 0.2) is 54.6 Å². The van der Waals surface area contributed by atoms with E-state index in [2.05, 4.69) is 17.6 Å². The first-order valence-electron chi connectivity index (χ1n) is 10.8. The monoisotopic (exact) mass is 406 g/mol. The first-order valence-corrected chi connectivity index (χ1v) is 10.8. The molecule has 2 saturated carbocycles. The van der Waals surface area contributed by atoms with Crippen LogP contribution in [0.25, 0.3) is 0 Å².